The van der Waals surface area contributed by atoms with Crippen molar-refractivity contribution in [2.24, 2.45) is 11.8 Å². The van der Waals surface area contributed by atoms with Crippen molar-refractivity contribution in [1.82, 2.24) is 10.2 Å². The van der Waals surface area contributed by atoms with Crippen LogP contribution in [0.2, 0.25) is 0 Å². The first-order chi connectivity index (χ1) is 9.11. The molecule has 0 bridgehead atoms. The van der Waals surface area contributed by atoms with Crippen LogP contribution >= 0.6 is 0 Å². The normalized spacial score (nSPS) is 43.7. The third kappa shape index (κ3) is 2.58. The van der Waals surface area contributed by atoms with Crippen LogP contribution in [-0.2, 0) is 0 Å². The Balaban J connectivity index is 1.72. The van der Waals surface area contributed by atoms with Gasteiger partial charge in [0, 0.05) is 30.7 Å². The van der Waals surface area contributed by atoms with E-state index < -0.39 is 0 Å². The molecule has 2 saturated carbocycles. The van der Waals surface area contributed by atoms with E-state index in [2.05, 4.69) is 31.0 Å². The molecule has 3 rings (SSSR count). The molecule has 0 radical (unpaired) electrons. The maximum atomic E-state index is 3.92. The lowest BCUT2D eigenvalue weighted by Gasteiger charge is -2.51. The highest BCUT2D eigenvalue weighted by Crippen LogP contribution is 2.39. The second-order valence-electron chi connectivity index (χ2n) is 7.72. The van der Waals surface area contributed by atoms with E-state index in [1.165, 1.54) is 58.0 Å². The van der Waals surface area contributed by atoms with Gasteiger partial charge in [-0.25, -0.2) is 0 Å². The third-order valence-corrected chi connectivity index (χ3v) is 6.48. The van der Waals surface area contributed by atoms with Crippen molar-refractivity contribution < 1.29 is 0 Å². The Labute approximate surface area is 119 Å². The first-order valence-corrected chi connectivity index (χ1v) is 8.62. The lowest BCUT2D eigenvalue weighted by Crippen LogP contribution is -2.66. The predicted molar refractivity (Wildman–Crippen MR) is 81.3 cm³/mol. The molecule has 0 amide bonds. The van der Waals surface area contributed by atoms with Crippen molar-refractivity contribution in [1.29, 1.82) is 0 Å². The maximum absolute atomic E-state index is 3.92. The molecule has 1 spiro atoms. The molecule has 4 unspecified atom stereocenters. The fourth-order valence-electron chi connectivity index (χ4n) is 4.86. The second kappa shape index (κ2) is 5.37. The summed E-state index contributed by atoms with van der Waals surface area (Å²) in [6.07, 6.45) is 10.0. The minimum absolute atomic E-state index is 0.469. The van der Waals surface area contributed by atoms with Gasteiger partial charge in [0.2, 0.25) is 0 Å². The third-order valence-electron chi connectivity index (χ3n) is 6.48. The highest BCUT2D eigenvalue weighted by Gasteiger charge is 2.44. The zero-order valence-electron chi connectivity index (χ0n) is 13.1. The largest absolute Gasteiger partial charge is 0.308 e. The fourth-order valence-corrected chi connectivity index (χ4v) is 4.86. The first kappa shape index (κ1) is 13.9. The van der Waals surface area contributed by atoms with Crippen LogP contribution in [0.3, 0.4) is 0 Å². The number of nitrogens with one attached hydrogen (secondary N) is 1. The summed E-state index contributed by atoms with van der Waals surface area (Å²) in [6.45, 7) is 9.89. The topological polar surface area (TPSA) is 15.3 Å². The van der Waals surface area contributed by atoms with E-state index in [0.717, 1.165) is 23.9 Å². The van der Waals surface area contributed by atoms with E-state index in [9.17, 15) is 0 Å². The quantitative estimate of drug-likeness (QED) is 0.781. The number of rotatable bonds is 1. The molecule has 2 nitrogen and oxygen atoms in total. The van der Waals surface area contributed by atoms with Crippen LogP contribution in [0.15, 0.2) is 0 Å². The van der Waals surface area contributed by atoms with E-state index in [0.29, 0.717) is 5.54 Å². The van der Waals surface area contributed by atoms with Crippen molar-refractivity contribution in [2.45, 2.75) is 83.3 Å². The molecular formula is C17H32N2. The predicted octanol–water partition coefficient (Wildman–Crippen LogP) is 3.42. The summed E-state index contributed by atoms with van der Waals surface area (Å²) >= 11 is 0. The molecule has 1 aliphatic heterocycles. The van der Waals surface area contributed by atoms with E-state index in [1.807, 2.05) is 0 Å². The lowest BCUT2D eigenvalue weighted by atomic mass is 9.78. The molecule has 1 saturated heterocycles. The maximum Gasteiger partial charge on any atom is 0.0309 e. The second-order valence-corrected chi connectivity index (χ2v) is 7.72. The number of hydrogen-bond donors (Lipinski definition) is 1. The van der Waals surface area contributed by atoms with Gasteiger partial charge in [0.25, 0.3) is 0 Å². The standard InChI is InChI=1S/C17H32N2/c1-13-7-8-16(15(13)3)19-12-17(18-11-14(19)2)9-5-4-6-10-17/h13-16,18H,4-12H2,1-3H3. The van der Waals surface area contributed by atoms with E-state index in [4.69, 9.17) is 0 Å². The molecule has 110 valence electrons. The van der Waals surface area contributed by atoms with Crippen molar-refractivity contribution >= 4 is 0 Å². The molecular weight excluding hydrogens is 232 g/mol. The van der Waals surface area contributed by atoms with Crippen LogP contribution in [-0.4, -0.2) is 35.6 Å². The Morgan fingerprint density at radius 3 is 2.37 bits per heavy atom. The van der Waals surface area contributed by atoms with Crippen LogP contribution < -0.4 is 5.32 Å². The Kier molecular flexibility index (Phi) is 3.92. The molecule has 0 aromatic carbocycles. The van der Waals surface area contributed by atoms with Crippen LogP contribution in [0.5, 0.6) is 0 Å². The Hall–Kier alpha value is -0.0800. The van der Waals surface area contributed by atoms with Gasteiger partial charge in [-0.3, -0.25) is 4.90 Å². The average Bonchev–Trinajstić information content (AvgIpc) is 2.75. The van der Waals surface area contributed by atoms with Gasteiger partial charge in [0.15, 0.2) is 0 Å². The van der Waals surface area contributed by atoms with Crippen molar-refractivity contribution in [3.05, 3.63) is 0 Å². The van der Waals surface area contributed by atoms with Gasteiger partial charge in [0.1, 0.15) is 0 Å². The van der Waals surface area contributed by atoms with Crippen molar-refractivity contribution in [2.75, 3.05) is 13.1 Å². The van der Waals surface area contributed by atoms with E-state index in [-0.39, 0.29) is 0 Å². The van der Waals surface area contributed by atoms with E-state index >= 15 is 0 Å². The fraction of sp³-hybridized carbons (Fsp3) is 1.00. The van der Waals surface area contributed by atoms with Crippen LogP contribution in [0.4, 0.5) is 0 Å². The molecule has 0 aromatic rings. The van der Waals surface area contributed by atoms with Crippen molar-refractivity contribution in [3.8, 4) is 0 Å². The highest BCUT2D eigenvalue weighted by molar-refractivity contribution is 5.02. The number of nitrogens with zero attached hydrogens (tertiary/aromatic N) is 1. The average molecular weight is 264 g/mol. The zero-order valence-corrected chi connectivity index (χ0v) is 13.1. The summed E-state index contributed by atoms with van der Waals surface area (Å²) in [5.41, 5.74) is 0.469. The zero-order chi connectivity index (χ0) is 13.5. The molecule has 3 fully saturated rings. The number of hydrogen-bond acceptors (Lipinski definition) is 2. The van der Waals surface area contributed by atoms with Crippen LogP contribution in [0.1, 0.15) is 65.7 Å². The SMILES string of the molecule is CC1CCC(N2CC3(CCCCC3)NCC2C)C1C. The summed E-state index contributed by atoms with van der Waals surface area (Å²) in [5, 5.41) is 3.92. The minimum Gasteiger partial charge on any atom is -0.308 e. The van der Waals surface area contributed by atoms with Gasteiger partial charge in [-0.1, -0.05) is 33.1 Å². The molecule has 2 aliphatic carbocycles. The summed E-state index contributed by atoms with van der Waals surface area (Å²) in [6, 6.07) is 1.58. The molecule has 2 heteroatoms. The summed E-state index contributed by atoms with van der Waals surface area (Å²) in [7, 11) is 0. The summed E-state index contributed by atoms with van der Waals surface area (Å²) < 4.78 is 0. The van der Waals surface area contributed by atoms with Crippen molar-refractivity contribution in [3.63, 3.8) is 0 Å². The monoisotopic (exact) mass is 264 g/mol. The molecule has 19 heavy (non-hydrogen) atoms. The summed E-state index contributed by atoms with van der Waals surface area (Å²) in [5.74, 6) is 1.82. The first-order valence-electron chi connectivity index (χ1n) is 8.62. The lowest BCUT2D eigenvalue weighted by molar-refractivity contribution is 0.0180. The van der Waals surface area contributed by atoms with E-state index in [1.54, 1.807) is 0 Å². The molecule has 3 aliphatic rings. The smallest absolute Gasteiger partial charge is 0.0309 e. The summed E-state index contributed by atoms with van der Waals surface area (Å²) in [4.78, 5) is 2.88. The van der Waals surface area contributed by atoms with Gasteiger partial charge in [-0.2, -0.15) is 0 Å². The van der Waals surface area contributed by atoms with Gasteiger partial charge in [-0.05, 0) is 44.4 Å². The minimum atomic E-state index is 0.469. The molecule has 4 atom stereocenters. The van der Waals surface area contributed by atoms with Gasteiger partial charge < -0.3 is 5.32 Å². The van der Waals surface area contributed by atoms with Gasteiger partial charge in [0.05, 0.1) is 0 Å². The van der Waals surface area contributed by atoms with Crippen LogP contribution in [0, 0.1) is 11.8 Å². The molecule has 1 heterocycles. The highest BCUT2D eigenvalue weighted by atomic mass is 15.3. The Morgan fingerprint density at radius 1 is 1.00 bits per heavy atom. The number of piperazine rings is 1. The molecule has 0 aromatic heterocycles. The molecule has 1 N–H and O–H groups in total. The Bertz CT molecular complexity index is 308. The van der Waals surface area contributed by atoms with Gasteiger partial charge >= 0.3 is 0 Å². The van der Waals surface area contributed by atoms with Gasteiger partial charge in [-0.15, -0.1) is 0 Å². The van der Waals surface area contributed by atoms with Crippen LogP contribution in [0.25, 0.3) is 0 Å². The Morgan fingerprint density at radius 2 is 1.74 bits per heavy atom.